The molecule has 0 saturated heterocycles. The minimum Gasteiger partial charge on any atom is -0.0655 e. The summed E-state index contributed by atoms with van der Waals surface area (Å²) in [6.07, 6.45) is 4.67. The lowest BCUT2D eigenvalue weighted by Crippen LogP contribution is -1.89. The molecule has 1 aliphatic rings. The van der Waals surface area contributed by atoms with Gasteiger partial charge in [-0.2, -0.15) is 0 Å². The lowest BCUT2D eigenvalue weighted by molar-refractivity contribution is 1.04. The summed E-state index contributed by atoms with van der Waals surface area (Å²) in [6, 6.07) is 13.5. The molecular weight excluding hydrogens is 228 g/mol. The Bertz CT molecular complexity index is 639. The molecule has 0 bridgehead atoms. The zero-order valence-electron chi connectivity index (χ0n) is 12.0. The molecule has 0 saturated carbocycles. The van der Waals surface area contributed by atoms with Crippen molar-refractivity contribution in [3.63, 3.8) is 0 Å². The topological polar surface area (TPSA) is 0 Å². The summed E-state index contributed by atoms with van der Waals surface area (Å²) in [5.41, 5.74) is 9.87. The molecule has 2 aromatic rings. The molecule has 0 unspecified atom stereocenters. The molecule has 1 aliphatic carbocycles. The summed E-state index contributed by atoms with van der Waals surface area (Å²) < 4.78 is 0. The minimum atomic E-state index is 1.13. The second kappa shape index (κ2) is 4.70. The van der Waals surface area contributed by atoms with Crippen molar-refractivity contribution in [2.45, 2.75) is 33.6 Å². The smallest absolute Gasteiger partial charge is 0.00577 e. The van der Waals surface area contributed by atoms with E-state index in [4.69, 9.17) is 0 Å². The van der Waals surface area contributed by atoms with E-state index < -0.39 is 0 Å². The molecule has 0 amide bonds. The average molecular weight is 248 g/mol. The number of benzene rings is 2. The number of hydrogen-bond donors (Lipinski definition) is 0. The van der Waals surface area contributed by atoms with E-state index in [1.807, 2.05) is 0 Å². The van der Waals surface area contributed by atoms with Crippen LogP contribution in [0.5, 0.6) is 0 Å². The van der Waals surface area contributed by atoms with Gasteiger partial charge in [0.15, 0.2) is 0 Å². The van der Waals surface area contributed by atoms with Gasteiger partial charge in [-0.15, -0.1) is 0 Å². The first-order valence-corrected chi connectivity index (χ1v) is 7.07. The predicted octanol–water partition coefficient (Wildman–Crippen LogP) is 5.32. The second-order valence-corrected chi connectivity index (χ2v) is 5.59. The van der Waals surface area contributed by atoms with Crippen LogP contribution in [0, 0.1) is 13.8 Å². The van der Waals surface area contributed by atoms with Crippen LogP contribution in [0.2, 0.25) is 0 Å². The van der Waals surface area contributed by atoms with Gasteiger partial charge in [-0.25, -0.2) is 0 Å². The number of fused-ring (bicyclic) bond motifs is 1. The van der Waals surface area contributed by atoms with Crippen molar-refractivity contribution in [1.29, 1.82) is 0 Å². The van der Waals surface area contributed by atoms with Crippen molar-refractivity contribution >= 4 is 6.08 Å². The third-order valence-corrected chi connectivity index (χ3v) is 3.95. The third-order valence-electron chi connectivity index (χ3n) is 3.95. The van der Waals surface area contributed by atoms with Crippen molar-refractivity contribution < 1.29 is 0 Å². The molecule has 0 N–H and O–H groups in total. The fraction of sp³-hybridized carbons (Fsp3) is 0.263. The molecule has 3 rings (SSSR count). The quantitative estimate of drug-likeness (QED) is 0.674. The molecule has 96 valence electrons. The van der Waals surface area contributed by atoms with E-state index >= 15 is 0 Å². The van der Waals surface area contributed by atoms with E-state index in [1.54, 1.807) is 5.57 Å². The molecule has 0 aliphatic heterocycles. The van der Waals surface area contributed by atoms with Crippen LogP contribution < -0.4 is 0 Å². The molecule has 0 radical (unpaired) electrons. The second-order valence-electron chi connectivity index (χ2n) is 5.59. The fourth-order valence-corrected chi connectivity index (χ4v) is 3.05. The van der Waals surface area contributed by atoms with Crippen LogP contribution in [-0.4, -0.2) is 0 Å². The summed E-state index contributed by atoms with van der Waals surface area (Å²) >= 11 is 0. The summed E-state index contributed by atoms with van der Waals surface area (Å²) in [6.45, 7) is 6.59. The Kier molecular flexibility index (Phi) is 3.02. The standard InChI is InChI=1S/C19H20/c1-4-15-11-16-6-5-7-18(19(16)12-15)17-9-13(2)8-14(3)10-17/h5-10,12H,4,11H2,1-3H3. The van der Waals surface area contributed by atoms with Crippen molar-refractivity contribution in [3.8, 4) is 11.1 Å². The van der Waals surface area contributed by atoms with Crippen molar-refractivity contribution in [1.82, 2.24) is 0 Å². The third kappa shape index (κ3) is 2.23. The highest BCUT2D eigenvalue weighted by Gasteiger charge is 2.15. The van der Waals surface area contributed by atoms with Gasteiger partial charge in [0.05, 0.1) is 0 Å². The molecule has 0 spiro atoms. The Labute approximate surface area is 115 Å². The Hall–Kier alpha value is -1.82. The fourth-order valence-electron chi connectivity index (χ4n) is 3.05. The highest BCUT2D eigenvalue weighted by atomic mass is 14.2. The van der Waals surface area contributed by atoms with Crippen LogP contribution in [0.3, 0.4) is 0 Å². The number of allylic oxidation sites excluding steroid dienone is 1. The molecule has 0 fully saturated rings. The van der Waals surface area contributed by atoms with Gasteiger partial charge in [0.25, 0.3) is 0 Å². The maximum absolute atomic E-state index is 2.39. The maximum atomic E-state index is 2.39. The first kappa shape index (κ1) is 12.2. The van der Waals surface area contributed by atoms with Crippen LogP contribution in [0.15, 0.2) is 42.0 Å². The minimum absolute atomic E-state index is 1.13. The van der Waals surface area contributed by atoms with Crippen molar-refractivity contribution in [2.24, 2.45) is 0 Å². The lowest BCUT2D eigenvalue weighted by Gasteiger charge is -2.10. The van der Waals surface area contributed by atoms with E-state index in [2.05, 4.69) is 63.2 Å². The Morgan fingerprint density at radius 3 is 2.42 bits per heavy atom. The zero-order valence-corrected chi connectivity index (χ0v) is 12.0. The first-order valence-electron chi connectivity index (χ1n) is 7.07. The van der Waals surface area contributed by atoms with Crippen LogP contribution in [0.4, 0.5) is 0 Å². The van der Waals surface area contributed by atoms with E-state index in [-0.39, 0.29) is 0 Å². The average Bonchev–Trinajstić information content (AvgIpc) is 2.80. The molecule has 0 atom stereocenters. The van der Waals surface area contributed by atoms with Gasteiger partial charge >= 0.3 is 0 Å². The number of hydrogen-bond acceptors (Lipinski definition) is 0. The molecule has 0 nitrogen and oxygen atoms in total. The highest BCUT2D eigenvalue weighted by molar-refractivity contribution is 5.81. The van der Waals surface area contributed by atoms with E-state index in [9.17, 15) is 0 Å². The van der Waals surface area contributed by atoms with Crippen LogP contribution in [0.25, 0.3) is 17.2 Å². The zero-order chi connectivity index (χ0) is 13.4. The van der Waals surface area contributed by atoms with Gasteiger partial charge in [-0.3, -0.25) is 0 Å². The monoisotopic (exact) mass is 248 g/mol. The van der Waals surface area contributed by atoms with E-state index in [1.165, 1.54) is 33.4 Å². The van der Waals surface area contributed by atoms with Gasteiger partial charge in [0.1, 0.15) is 0 Å². The predicted molar refractivity (Wildman–Crippen MR) is 83.3 cm³/mol. The molecule has 0 aromatic heterocycles. The Morgan fingerprint density at radius 1 is 1.00 bits per heavy atom. The van der Waals surface area contributed by atoms with Crippen LogP contribution >= 0.6 is 0 Å². The normalized spacial score (nSPS) is 13.3. The summed E-state index contributed by atoms with van der Waals surface area (Å²) in [7, 11) is 0. The Morgan fingerprint density at radius 2 is 1.74 bits per heavy atom. The number of rotatable bonds is 2. The lowest BCUT2D eigenvalue weighted by atomic mass is 9.95. The summed E-state index contributed by atoms with van der Waals surface area (Å²) in [4.78, 5) is 0. The molecule has 0 heteroatoms. The Balaban J connectivity index is 2.17. The maximum Gasteiger partial charge on any atom is -0.00577 e. The van der Waals surface area contributed by atoms with Crippen LogP contribution in [0.1, 0.15) is 35.6 Å². The van der Waals surface area contributed by atoms with Crippen molar-refractivity contribution in [3.05, 3.63) is 64.2 Å². The van der Waals surface area contributed by atoms with E-state index in [0.717, 1.165) is 12.8 Å². The van der Waals surface area contributed by atoms with Gasteiger partial charge in [-0.1, -0.05) is 66.1 Å². The highest BCUT2D eigenvalue weighted by Crippen LogP contribution is 2.35. The molecular formula is C19H20. The SMILES string of the molecule is CCC1=Cc2c(cccc2-c2cc(C)cc(C)c2)C1. The molecule has 2 aromatic carbocycles. The van der Waals surface area contributed by atoms with Gasteiger partial charge in [-0.05, 0) is 48.9 Å². The summed E-state index contributed by atoms with van der Waals surface area (Å²) in [5.74, 6) is 0. The van der Waals surface area contributed by atoms with Crippen LogP contribution in [-0.2, 0) is 6.42 Å². The van der Waals surface area contributed by atoms with Gasteiger partial charge in [0, 0.05) is 0 Å². The van der Waals surface area contributed by atoms with Crippen molar-refractivity contribution in [2.75, 3.05) is 0 Å². The molecule has 0 heterocycles. The first-order chi connectivity index (χ1) is 9.17. The summed E-state index contributed by atoms with van der Waals surface area (Å²) in [5, 5.41) is 0. The van der Waals surface area contributed by atoms with E-state index in [0.29, 0.717) is 0 Å². The van der Waals surface area contributed by atoms with Gasteiger partial charge in [0.2, 0.25) is 0 Å². The molecule has 19 heavy (non-hydrogen) atoms. The largest absolute Gasteiger partial charge is 0.0655 e. The number of aryl methyl sites for hydroxylation is 2. The van der Waals surface area contributed by atoms with Gasteiger partial charge < -0.3 is 0 Å².